The summed E-state index contributed by atoms with van der Waals surface area (Å²) in [6.45, 7) is 2.48. The van der Waals surface area contributed by atoms with Crippen LogP contribution in [0.15, 0.2) is 61.8 Å². The first-order chi connectivity index (χ1) is 15.1. The Morgan fingerprint density at radius 1 is 1.06 bits per heavy atom. The van der Waals surface area contributed by atoms with Gasteiger partial charge in [0, 0.05) is 11.8 Å². The summed E-state index contributed by atoms with van der Waals surface area (Å²) in [6, 6.07) is 5.46. The lowest BCUT2D eigenvalue weighted by atomic mass is 10.2. The number of aliphatic hydroxyl groups is 1. The molecule has 0 aliphatic carbocycles. The molecular formula is C18H20N4O9S2. The largest absolute Gasteiger partial charge is 0.510 e. The molecule has 13 nitrogen and oxygen atoms in total. The highest BCUT2D eigenvalue weighted by Crippen LogP contribution is 2.32. The molecule has 0 heterocycles. The Bertz CT molecular complexity index is 1380. The van der Waals surface area contributed by atoms with Gasteiger partial charge >= 0.3 is 0 Å². The number of nitrogens with two attached hydrogens (primary N) is 1. The fourth-order valence-corrected chi connectivity index (χ4v) is 3.94. The molecule has 33 heavy (non-hydrogen) atoms. The van der Waals surface area contributed by atoms with Crippen molar-refractivity contribution >= 4 is 43.2 Å². The van der Waals surface area contributed by atoms with Gasteiger partial charge in [-0.2, -0.15) is 16.8 Å². The number of carbonyl (C=O) groups excluding carboxylic acids is 1. The molecular weight excluding hydrogens is 480 g/mol. The van der Waals surface area contributed by atoms with Gasteiger partial charge in [-0.25, -0.2) is 0 Å². The predicted octanol–water partition coefficient (Wildman–Crippen LogP) is 2.59. The van der Waals surface area contributed by atoms with Gasteiger partial charge in [-0.1, -0.05) is 0 Å². The maximum atomic E-state index is 12.7. The van der Waals surface area contributed by atoms with Crippen molar-refractivity contribution in [1.82, 2.24) is 0 Å². The van der Waals surface area contributed by atoms with E-state index in [0.717, 1.165) is 25.1 Å². The summed E-state index contributed by atoms with van der Waals surface area (Å²) in [5, 5.41) is 19.4. The number of aliphatic hydroxyl groups excluding tert-OH is 1. The average Bonchev–Trinajstić information content (AvgIpc) is 2.66. The van der Waals surface area contributed by atoms with Gasteiger partial charge in [-0.15, -0.1) is 10.2 Å². The van der Waals surface area contributed by atoms with Gasteiger partial charge in [0.2, 0.25) is 0 Å². The third-order valence-electron chi connectivity index (χ3n) is 4.10. The van der Waals surface area contributed by atoms with Gasteiger partial charge in [-0.05, 0) is 43.7 Å². The second-order valence-corrected chi connectivity index (χ2v) is 9.36. The number of allylic oxidation sites excluding steroid dienone is 1. The predicted molar refractivity (Wildman–Crippen MR) is 117 cm³/mol. The van der Waals surface area contributed by atoms with Crippen LogP contribution in [0.4, 0.5) is 17.1 Å². The molecule has 0 saturated carbocycles. The zero-order valence-corrected chi connectivity index (χ0v) is 19.1. The molecule has 0 fully saturated rings. The number of nitrogens with one attached hydrogen (secondary N) is 1. The number of azo groups is 1. The van der Waals surface area contributed by atoms with E-state index in [9.17, 15) is 35.8 Å². The first-order valence-corrected chi connectivity index (χ1v) is 11.7. The lowest BCUT2D eigenvalue weighted by Crippen LogP contribution is -2.16. The summed E-state index contributed by atoms with van der Waals surface area (Å²) in [4.78, 5) is 11.6. The number of carbonyl (C=O) groups is 1. The number of benzene rings is 2. The minimum Gasteiger partial charge on any atom is -0.510 e. The average molecular weight is 501 g/mol. The second kappa shape index (κ2) is 9.53. The highest BCUT2D eigenvalue weighted by molar-refractivity contribution is 7.86. The minimum atomic E-state index is -4.69. The molecule has 0 aromatic heterocycles. The van der Waals surface area contributed by atoms with Crippen LogP contribution in [0.5, 0.6) is 5.75 Å². The first-order valence-electron chi connectivity index (χ1n) is 8.81. The molecule has 178 valence electrons. The summed E-state index contributed by atoms with van der Waals surface area (Å²) in [5.74, 6) is -1.75. The molecule has 2 rings (SSSR count). The zero-order chi connectivity index (χ0) is 25.1. The number of hydrogen-bond acceptors (Lipinski definition) is 10. The third-order valence-corrected chi connectivity index (χ3v) is 6.00. The Labute approximate surface area is 189 Å². The normalized spacial score (nSPS) is 13.0. The number of nitrogens with zero attached hydrogens (tertiary/aromatic N) is 2. The van der Waals surface area contributed by atoms with E-state index in [1.165, 1.54) is 26.2 Å². The minimum absolute atomic E-state index is 0.0241. The van der Waals surface area contributed by atoms with Gasteiger partial charge in [-0.3, -0.25) is 13.9 Å². The maximum Gasteiger partial charge on any atom is 0.296 e. The maximum absolute atomic E-state index is 12.7. The Balaban J connectivity index is 2.47. The van der Waals surface area contributed by atoms with Gasteiger partial charge in [0.05, 0.1) is 12.8 Å². The van der Waals surface area contributed by atoms with Crippen molar-refractivity contribution in [3.8, 4) is 5.75 Å². The molecule has 2 aromatic carbocycles. The number of anilines is 2. The van der Waals surface area contributed by atoms with Crippen LogP contribution in [0.1, 0.15) is 12.5 Å². The summed E-state index contributed by atoms with van der Waals surface area (Å²) in [7, 11) is -8.05. The Hall–Kier alpha value is -3.53. The monoisotopic (exact) mass is 500 g/mol. The first kappa shape index (κ1) is 25.7. The topological polar surface area (TPSA) is 218 Å². The van der Waals surface area contributed by atoms with Crippen LogP contribution >= 0.6 is 0 Å². The van der Waals surface area contributed by atoms with Crippen LogP contribution in [0.2, 0.25) is 0 Å². The highest BCUT2D eigenvalue weighted by atomic mass is 32.2. The number of ether oxygens (including phenoxy) is 1. The molecule has 0 atom stereocenters. The Kier molecular flexibility index (Phi) is 7.43. The smallest absolute Gasteiger partial charge is 0.296 e. The standard InChI is InChI=1S/C18H20N4O9S2/c1-9-6-12(14(31-3)8-16(9)33(28,29)30)20-18(24)17(10(2)23)22-21-13-7-11(19)4-5-15(13)32(25,26)27/h4-8,23H,19H2,1-3H3,(H,20,24)(H,25,26,27)(H,28,29,30). The molecule has 6 N–H and O–H groups in total. The van der Waals surface area contributed by atoms with Crippen LogP contribution in [0.3, 0.4) is 0 Å². The Morgan fingerprint density at radius 3 is 2.18 bits per heavy atom. The number of hydrogen-bond donors (Lipinski definition) is 5. The van der Waals surface area contributed by atoms with E-state index in [0.29, 0.717) is 0 Å². The van der Waals surface area contributed by atoms with Crippen molar-refractivity contribution in [2.75, 3.05) is 18.2 Å². The van der Waals surface area contributed by atoms with E-state index in [1.54, 1.807) is 0 Å². The lowest BCUT2D eigenvalue weighted by molar-refractivity contribution is -0.113. The quantitative estimate of drug-likeness (QED) is 0.123. The summed E-state index contributed by atoms with van der Waals surface area (Å²) in [5.41, 5.74) is 4.71. The third kappa shape index (κ3) is 6.26. The van der Waals surface area contributed by atoms with Crippen molar-refractivity contribution in [1.29, 1.82) is 0 Å². The number of amides is 1. The fraction of sp³-hybridized carbons (Fsp3) is 0.167. The van der Waals surface area contributed by atoms with Crippen molar-refractivity contribution in [3.05, 3.63) is 47.4 Å². The zero-order valence-electron chi connectivity index (χ0n) is 17.5. The number of rotatable bonds is 7. The summed E-state index contributed by atoms with van der Waals surface area (Å²) >= 11 is 0. The van der Waals surface area contributed by atoms with Gasteiger partial charge in [0.25, 0.3) is 26.1 Å². The van der Waals surface area contributed by atoms with Gasteiger partial charge in [0.1, 0.15) is 27.0 Å². The van der Waals surface area contributed by atoms with Crippen molar-refractivity contribution in [2.24, 2.45) is 10.2 Å². The molecule has 1 amide bonds. The van der Waals surface area contributed by atoms with Gasteiger partial charge < -0.3 is 20.9 Å². The molecule has 0 spiro atoms. The van der Waals surface area contributed by atoms with Crippen LogP contribution in [0.25, 0.3) is 0 Å². The van der Waals surface area contributed by atoms with Crippen LogP contribution in [-0.2, 0) is 25.0 Å². The summed E-state index contributed by atoms with van der Waals surface area (Å²) < 4.78 is 69.6. The highest BCUT2D eigenvalue weighted by Gasteiger charge is 2.21. The van der Waals surface area contributed by atoms with E-state index in [-0.39, 0.29) is 22.7 Å². The molecule has 0 saturated heterocycles. The molecule has 0 aliphatic heterocycles. The van der Waals surface area contributed by atoms with Crippen molar-refractivity contribution < 1.29 is 40.6 Å². The second-order valence-electron chi connectivity index (χ2n) is 6.58. The molecule has 15 heteroatoms. The van der Waals surface area contributed by atoms with E-state index < -0.39 is 53.1 Å². The summed E-state index contributed by atoms with van der Waals surface area (Å²) in [6.07, 6.45) is 0. The number of nitrogen functional groups attached to an aromatic ring is 1. The van der Waals surface area contributed by atoms with Crippen LogP contribution in [0, 0.1) is 6.92 Å². The van der Waals surface area contributed by atoms with Crippen molar-refractivity contribution in [3.63, 3.8) is 0 Å². The molecule has 0 bridgehead atoms. The number of methoxy groups -OCH3 is 1. The van der Waals surface area contributed by atoms with E-state index >= 15 is 0 Å². The SMILES string of the molecule is COc1cc(S(=O)(=O)O)c(C)cc1NC(=O)C(N=Nc1cc(N)ccc1S(=O)(=O)O)=C(C)O. The van der Waals surface area contributed by atoms with Crippen molar-refractivity contribution in [2.45, 2.75) is 23.6 Å². The Morgan fingerprint density at radius 2 is 1.67 bits per heavy atom. The van der Waals surface area contributed by atoms with E-state index in [4.69, 9.17) is 10.5 Å². The number of aryl methyl sites for hydroxylation is 1. The van der Waals surface area contributed by atoms with Gasteiger partial charge in [0.15, 0.2) is 5.70 Å². The molecule has 0 aliphatic rings. The van der Waals surface area contributed by atoms with E-state index in [1.807, 2.05) is 0 Å². The molecule has 0 unspecified atom stereocenters. The molecule has 0 radical (unpaired) electrons. The molecule has 2 aromatic rings. The van der Waals surface area contributed by atoms with Crippen LogP contribution < -0.4 is 15.8 Å². The van der Waals surface area contributed by atoms with Crippen LogP contribution in [-0.4, -0.2) is 44.1 Å². The van der Waals surface area contributed by atoms with E-state index in [2.05, 4.69) is 15.5 Å². The fourth-order valence-electron chi connectivity index (χ4n) is 2.61. The lowest BCUT2D eigenvalue weighted by Gasteiger charge is -2.13.